The Labute approximate surface area is 157 Å². The number of carbonyl (C=O) groups is 1. The fraction of sp³-hybridized carbons (Fsp3) is 0.238. The molecule has 4 rings (SSSR count). The second kappa shape index (κ2) is 7.70. The van der Waals surface area contributed by atoms with Crippen LogP contribution in [0.25, 0.3) is 0 Å². The van der Waals surface area contributed by atoms with Crippen molar-refractivity contribution in [1.82, 2.24) is 9.88 Å². The molecule has 132 valence electrons. The van der Waals surface area contributed by atoms with Gasteiger partial charge in [0.2, 0.25) is 0 Å². The van der Waals surface area contributed by atoms with E-state index < -0.39 is 0 Å². The average Bonchev–Trinajstić information content (AvgIpc) is 3.22. The third kappa shape index (κ3) is 3.63. The van der Waals surface area contributed by atoms with Crippen LogP contribution in [0.2, 0.25) is 0 Å². The zero-order valence-corrected chi connectivity index (χ0v) is 15.4. The lowest BCUT2D eigenvalue weighted by atomic mass is 10.0. The Kier molecular flexibility index (Phi) is 4.97. The zero-order valence-electron chi connectivity index (χ0n) is 14.5. The third-order valence-electron chi connectivity index (χ3n) is 4.73. The Hall–Kier alpha value is -2.66. The van der Waals surface area contributed by atoms with Gasteiger partial charge in [-0.1, -0.05) is 30.3 Å². The van der Waals surface area contributed by atoms with Crippen molar-refractivity contribution in [3.8, 4) is 0 Å². The minimum absolute atomic E-state index is 0.137. The lowest BCUT2D eigenvalue weighted by molar-refractivity contribution is 0.0745. The van der Waals surface area contributed by atoms with E-state index in [4.69, 9.17) is 0 Å². The summed E-state index contributed by atoms with van der Waals surface area (Å²) < 4.78 is 0. The van der Waals surface area contributed by atoms with Gasteiger partial charge < -0.3 is 9.80 Å². The fourth-order valence-corrected chi connectivity index (χ4v) is 4.06. The molecule has 2 aromatic heterocycles. The molecule has 1 fully saturated rings. The number of aromatic nitrogens is 1. The minimum Gasteiger partial charge on any atom is -0.353 e. The van der Waals surface area contributed by atoms with Crippen molar-refractivity contribution < 1.29 is 4.79 Å². The lowest BCUT2D eigenvalue weighted by Gasteiger charge is -2.35. The van der Waals surface area contributed by atoms with E-state index in [0.717, 1.165) is 49.5 Å². The van der Waals surface area contributed by atoms with Gasteiger partial charge in [0.1, 0.15) is 5.82 Å². The maximum Gasteiger partial charge on any atom is 0.254 e. The lowest BCUT2D eigenvalue weighted by Crippen LogP contribution is -2.49. The van der Waals surface area contributed by atoms with Crippen molar-refractivity contribution in [2.75, 3.05) is 31.1 Å². The molecule has 3 aromatic rings. The topological polar surface area (TPSA) is 36.4 Å². The smallest absolute Gasteiger partial charge is 0.254 e. The van der Waals surface area contributed by atoms with Crippen LogP contribution in [-0.2, 0) is 6.42 Å². The molecule has 5 heteroatoms. The third-order valence-corrected chi connectivity index (χ3v) is 5.61. The number of pyridine rings is 1. The zero-order chi connectivity index (χ0) is 17.8. The van der Waals surface area contributed by atoms with Gasteiger partial charge in [-0.25, -0.2) is 4.98 Å². The summed E-state index contributed by atoms with van der Waals surface area (Å²) in [5.74, 6) is 1.12. The summed E-state index contributed by atoms with van der Waals surface area (Å²) in [6.07, 6.45) is 2.63. The van der Waals surface area contributed by atoms with Gasteiger partial charge in [0.05, 0.1) is 0 Å². The van der Waals surface area contributed by atoms with Crippen molar-refractivity contribution >= 4 is 23.1 Å². The highest BCUT2D eigenvalue weighted by atomic mass is 32.1. The van der Waals surface area contributed by atoms with Gasteiger partial charge in [0.15, 0.2) is 0 Å². The van der Waals surface area contributed by atoms with Gasteiger partial charge in [0, 0.05) is 49.2 Å². The molecule has 0 atom stereocenters. The van der Waals surface area contributed by atoms with E-state index in [1.807, 2.05) is 47.5 Å². The predicted molar refractivity (Wildman–Crippen MR) is 106 cm³/mol. The van der Waals surface area contributed by atoms with E-state index >= 15 is 0 Å². The first kappa shape index (κ1) is 16.8. The van der Waals surface area contributed by atoms with Crippen molar-refractivity contribution in [2.24, 2.45) is 0 Å². The molecule has 1 aromatic carbocycles. The molecule has 1 saturated heterocycles. The normalized spacial score (nSPS) is 14.5. The quantitative estimate of drug-likeness (QED) is 0.709. The molecular weight excluding hydrogens is 342 g/mol. The maximum absolute atomic E-state index is 13.1. The van der Waals surface area contributed by atoms with Gasteiger partial charge in [0.25, 0.3) is 5.91 Å². The van der Waals surface area contributed by atoms with Gasteiger partial charge in [-0.05, 0) is 35.2 Å². The van der Waals surface area contributed by atoms with E-state index in [-0.39, 0.29) is 5.91 Å². The number of hydrogen-bond donors (Lipinski definition) is 0. The Balaban J connectivity index is 1.46. The number of thiophene rings is 1. The van der Waals surface area contributed by atoms with Crippen LogP contribution in [0.5, 0.6) is 0 Å². The van der Waals surface area contributed by atoms with E-state index in [0.29, 0.717) is 0 Å². The number of hydrogen-bond acceptors (Lipinski definition) is 4. The highest BCUT2D eigenvalue weighted by Gasteiger charge is 2.24. The summed E-state index contributed by atoms with van der Waals surface area (Å²) in [7, 11) is 0. The number of piperazine rings is 1. The number of rotatable bonds is 4. The van der Waals surface area contributed by atoms with Crippen LogP contribution in [0.15, 0.2) is 66.2 Å². The predicted octanol–water partition coefficient (Wildman–Crippen LogP) is 3.70. The summed E-state index contributed by atoms with van der Waals surface area (Å²) in [4.78, 5) is 23.0. The number of nitrogens with zero attached hydrogens (tertiary/aromatic N) is 3. The van der Waals surface area contributed by atoms with Crippen LogP contribution in [0.4, 0.5) is 5.82 Å². The molecule has 0 radical (unpaired) electrons. The molecule has 0 unspecified atom stereocenters. The highest BCUT2D eigenvalue weighted by molar-refractivity contribution is 7.09. The summed E-state index contributed by atoms with van der Waals surface area (Å²) in [5.41, 5.74) is 1.93. The standard InChI is InChI=1S/C21H21N3OS/c25-21(19-8-2-1-6-17(19)16-18-7-5-15-26-18)24-13-11-23(12-14-24)20-9-3-4-10-22-20/h1-10,15H,11-14,16H2. The summed E-state index contributed by atoms with van der Waals surface area (Å²) >= 11 is 1.73. The number of carbonyl (C=O) groups excluding carboxylic acids is 1. The van der Waals surface area contributed by atoms with Crippen molar-refractivity contribution in [1.29, 1.82) is 0 Å². The van der Waals surface area contributed by atoms with Crippen LogP contribution in [0.1, 0.15) is 20.8 Å². The molecule has 0 N–H and O–H groups in total. The average molecular weight is 363 g/mol. The van der Waals surface area contributed by atoms with E-state index in [1.54, 1.807) is 11.3 Å². The van der Waals surface area contributed by atoms with Crippen LogP contribution in [0, 0.1) is 0 Å². The van der Waals surface area contributed by atoms with Crippen LogP contribution in [0.3, 0.4) is 0 Å². The molecule has 26 heavy (non-hydrogen) atoms. The monoisotopic (exact) mass is 363 g/mol. The maximum atomic E-state index is 13.1. The van der Waals surface area contributed by atoms with Crippen LogP contribution in [-0.4, -0.2) is 42.0 Å². The number of benzene rings is 1. The van der Waals surface area contributed by atoms with Crippen molar-refractivity contribution in [3.05, 3.63) is 82.2 Å². The molecule has 3 heterocycles. The molecule has 0 aliphatic carbocycles. The van der Waals surface area contributed by atoms with Crippen LogP contribution >= 0.6 is 11.3 Å². The minimum atomic E-state index is 0.137. The molecule has 1 amide bonds. The second-order valence-electron chi connectivity index (χ2n) is 6.38. The molecule has 0 spiro atoms. The van der Waals surface area contributed by atoms with Gasteiger partial charge in [-0.3, -0.25) is 4.79 Å². The highest BCUT2D eigenvalue weighted by Crippen LogP contribution is 2.20. The van der Waals surface area contributed by atoms with Gasteiger partial charge in [-0.15, -0.1) is 11.3 Å². The fourth-order valence-electron chi connectivity index (χ4n) is 3.33. The van der Waals surface area contributed by atoms with E-state index in [9.17, 15) is 4.79 Å². The Morgan fingerprint density at radius 1 is 0.962 bits per heavy atom. The first-order valence-electron chi connectivity index (χ1n) is 8.87. The van der Waals surface area contributed by atoms with Gasteiger partial charge in [-0.2, -0.15) is 0 Å². The number of amides is 1. The second-order valence-corrected chi connectivity index (χ2v) is 7.41. The first-order valence-corrected chi connectivity index (χ1v) is 9.75. The van der Waals surface area contributed by atoms with E-state index in [2.05, 4.69) is 33.5 Å². The largest absolute Gasteiger partial charge is 0.353 e. The molecule has 1 aliphatic heterocycles. The SMILES string of the molecule is O=C(c1ccccc1Cc1cccs1)N1CCN(c2ccccn2)CC1. The molecule has 4 nitrogen and oxygen atoms in total. The molecular formula is C21H21N3OS. The van der Waals surface area contributed by atoms with Crippen molar-refractivity contribution in [2.45, 2.75) is 6.42 Å². The number of anilines is 1. The summed E-state index contributed by atoms with van der Waals surface area (Å²) in [5, 5.41) is 2.08. The van der Waals surface area contributed by atoms with Gasteiger partial charge >= 0.3 is 0 Å². The van der Waals surface area contributed by atoms with Crippen LogP contribution < -0.4 is 4.90 Å². The van der Waals surface area contributed by atoms with Crippen molar-refractivity contribution in [3.63, 3.8) is 0 Å². The summed E-state index contributed by atoms with van der Waals surface area (Å²) in [6.45, 7) is 3.08. The Bertz CT molecular complexity index is 856. The molecule has 0 saturated carbocycles. The first-order chi connectivity index (χ1) is 12.8. The Morgan fingerprint density at radius 2 is 1.77 bits per heavy atom. The summed E-state index contributed by atoms with van der Waals surface area (Å²) in [6, 6.07) is 18.1. The Morgan fingerprint density at radius 3 is 2.50 bits per heavy atom. The molecule has 0 bridgehead atoms. The van der Waals surface area contributed by atoms with E-state index in [1.165, 1.54) is 4.88 Å². The molecule has 1 aliphatic rings.